The summed E-state index contributed by atoms with van der Waals surface area (Å²) in [6, 6.07) is 9.76. The Hall–Kier alpha value is -2.96. The largest absolute Gasteiger partial charge is 0.350 e. The summed E-state index contributed by atoms with van der Waals surface area (Å²) in [6.45, 7) is 0.555. The summed E-state index contributed by atoms with van der Waals surface area (Å²) in [4.78, 5) is 35.5. The molecule has 100 valence electrons. The lowest BCUT2D eigenvalue weighted by molar-refractivity contribution is 1.02. The summed E-state index contributed by atoms with van der Waals surface area (Å²) in [6.07, 6.45) is 1.38. The van der Waals surface area contributed by atoms with Gasteiger partial charge in [0.05, 0.1) is 0 Å². The Kier molecular flexibility index (Phi) is 3.00. The Bertz CT molecular complexity index is 854. The van der Waals surface area contributed by atoms with Crippen molar-refractivity contribution in [3.63, 3.8) is 0 Å². The summed E-state index contributed by atoms with van der Waals surface area (Å²) >= 11 is 0. The number of aromatic nitrogens is 4. The quantitative estimate of drug-likeness (QED) is 0.646. The maximum atomic E-state index is 11.5. The van der Waals surface area contributed by atoms with Gasteiger partial charge in [-0.15, -0.1) is 0 Å². The smallest absolute Gasteiger partial charge is 0.327 e. The van der Waals surface area contributed by atoms with Crippen LogP contribution in [0.3, 0.4) is 0 Å². The number of anilines is 1. The van der Waals surface area contributed by atoms with Gasteiger partial charge in [0.2, 0.25) is 5.95 Å². The zero-order valence-corrected chi connectivity index (χ0v) is 10.4. The normalized spacial score (nSPS) is 10.6. The molecule has 0 atom stereocenters. The van der Waals surface area contributed by atoms with Crippen molar-refractivity contribution in [1.29, 1.82) is 0 Å². The van der Waals surface area contributed by atoms with Crippen molar-refractivity contribution < 1.29 is 0 Å². The van der Waals surface area contributed by atoms with Crippen LogP contribution in [0.4, 0.5) is 5.95 Å². The van der Waals surface area contributed by atoms with Crippen LogP contribution in [-0.2, 0) is 6.54 Å². The molecule has 0 saturated carbocycles. The molecule has 0 bridgehead atoms. The van der Waals surface area contributed by atoms with Crippen LogP contribution in [0.5, 0.6) is 0 Å². The highest BCUT2D eigenvalue weighted by Crippen LogP contribution is 2.06. The van der Waals surface area contributed by atoms with Crippen LogP contribution in [0, 0.1) is 0 Å². The molecule has 7 nitrogen and oxygen atoms in total. The fraction of sp³-hybridized carbons (Fsp3) is 0.0769. The highest BCUT2D eigenvalue weighted by atomic mass is 16.2. The number of H-pyrrole nitrogens is 2. The molecule has 0 saturated heterocycles. The minimum Gasteiger partial charge on any atom is -0.350 e. The van der Waals surface area contributed by atoms with Gasteiger partial charge in [-0.2, -0.15) is 4.98 Å². The number of nitrogens with zero attached hydrogens (tertiary/aromatic N) is 2. The SMILES string of the molecule is O=c1[nH]c(=O)c2cnc(NCc3ccccc3)nc2[nH]1. The molecule has 0 spiro atoms. The van der Waals surface area contributed by atoms with Crippen molar-refractivity contribution in [3.05, 3.63) is 62.9 Å². The van der Waals surface area contributed by atoms with Crippen molar-refractivity contribution in [2.75, 3.05) is 5.32 Å². The Balaban J connectivity index is 1.90. The molecule has 3 aromatic rings. The number of benzene rings is 1. The zero-order chi connectivity index (χ0) is 13.9. The summed E-state index contributed by atoms with van der Waals surface area (Å²) in [7, 11) is 0. The van der Waals surface area contributed by atoms with E-state index in [1.165, 1.54) is 6.20 Å². The molecule has 0 unspecified atom stereocenters. The van der Waals surface area contributed by atoms with Crippen molar-refractivity contribution in [2.24, 2.45) is 0 Å². The molecule has 2 heterocycles. The molecule has 7 heteroatoms. The molecule has 0 fully saturated rings. The maximum Gasteiger partial charge on any atom is 0.327 e. The number of fused-ring (bicyclic) bond motifs is 1. The summed E-state index contributed by atoms with van der Waals surface area (Å²) in [5.74, 6) is 0.350. The van der Waals surface area contributed by atoms with Gasteiger partial charge in [-0.05, 0) is 5.56 Å². The second kappa shape index (κ2) is 4.96. The zero-order valence-electron chi connectivity index (χ0n) is 10.4. The van der Waals surface area contributed by atoms with E-state index in [1.54, 1.807) is 0 Å². The van der Waals surface area contributed by atoms with Crippen LogP contribution in [0.1, 0.15) is 5.56 Å². The van der Waals surface area contributed by atoms with Gasteiger partial charge in [-0.25, -0.2) is 9.78 Å². The highest BCUT2D eigenvalue weighted by molar-refractivity contribution is 5.72. The third kappa shape index (κ3) is 2.41. The molecular weight excluding hydrogens is 258 g/mol. The van der Waals surface area contributed by atoms with Crippen molar-refractivity contribution in [3.8, 4) is 0 Å². The number of nitrogens with one attached hydrogen (secondary N) is 3. The van der Waals surface area contributed by atoms with E-state index in [-0.39, 0.29) is 11.0 Å². The van der Waals surface area contributed by atoms with Gasteiger partial charge in [-0.1, -0.05) is 30.3 Å². The fourth-order valence-electron chi connectivity index (χ4n) is 1.81. The van der Waals surface area contributed by atoms with Crippen molar-refractivity contribution in [1.82, 2.24) is 19.9 Å². The molecule has 20 heavy (non-hydrogen) atoms. The fourth-order valence-corrected chi connectivity index (χ4v) is 1.81. The first-order valence-electron chi connectivity index (χ1n) is 5.99. The lowest BCUT2D eigenvalue weighted by atomic mass is 10.2. The molecule has 3 rings (SSSR count). The van der Waals surface area contributed by atoms with Gasteiger partial charge in [0.1, 0.15) is 5.39 Å². The predicted octanol–water partition coefficient (Wildman–Crippen LogP) is 0.618. The molecule has 2 aromatic heterocycles. The Morgan fingerprint density at radius 3 is 2.70 bits per heavy atom. The minimum atomic E-state index is -0.588. The van der Waals surface area contributed by atoms with Gasteiger partial charge in [-0.3, -0.25) is 14.8 Å². The second-order valence-electron chi connectivity index (χ2n) is 4.20. The molecule has 1 aromatic carbocycles. The van der Waals surface area contributed by atoms with Crippen LogP contribution >= 0.6 is 0 Å². The molecule has 3 N–H and O–H groups in total. The van der Waals surface area contributed by atoms with E-state index in [9.17, 15) is 9.59 Å². The molecule has 0 aliphatic carbocycles. The standard InChI is InChI=1S/C13H11N5O2/c19-11-9-7-15-12(16-10(9)17-13(20)18-11)14-6-8-4-2-1-3-5-8/h1-5,7H,6H2,(H3,14,15,16,17,18,19,20). The van der Waals surface area contributed by atoms with E-state index in [2.05, 4.69) is 25.3 Å². The third-order valence-electron chi connectivity index (χ3n) is 2.79. The van der Waals surface area contributed by atoms with E-state index < -0.39 is 11.2 Å². The molecule has 0 aliphatic heterocycles. The second-order valence-corrected chi connectivity index (χ2v) is 4.20. The van der Waals surface area contributed by atoms with Gasteiger partial charge in [0.15, 0.2) is 5.65 Å². The van der Waals surface area contributed by atoms with E-state index in [0.717, 1.165) is 5.56 Å². The molecule has 0 radical (unpaired) electrons. The van der Waals surface area contributed by atoms with Crippen LogP contribution in [0.15, 0.2) is 46.1 Å². The first-order valence-corrected chi connectivity index (χ1v) is 5.99. The third-order valence-corrected chi connectivity index (χ3v) is 2.79. The van der Waals surface area contributed by atoms with Crippen LogP contribution in [0.25, 0.3) is 11.0 Å². The topological polar surface area (TPSA) is 104 Å². The van der Waals surface area contributed by atoms with Gasteiger partial charge < -0.3 is 5.32 Å². The number of hydrogen-bond donors (Lipinski definition) is 3. The molecule has 0 amide bonds. The van der Waals surface area contributed by atoms with E-state index in [1.807, 2.05) is 30.3 Å². The Morgan fingerprint density at radius 1 is 1.10 bits per heavy atom. The lowest BCUT2D eigenvalue weighted by Crippen LogP contribution is -2.22. The van der Waals surface area contributed by atoms with Crippen LogP contribution < -0.4 is 16.6 Å². The first-order chi connectivity index (χ1) is 9.72. The summed E-state index contributed by atoms with van der Waals surface area (Å²) in [5, 5.41) is 3.28. The summed E-state index contributed by atoms with van der Waals surface area (Å²) < 4.78 is 0. The average molecular weight is 269 g/mol. The monoisotopic (exact) mass is 269 g/mol. The maximum absolute atomic E-state index is 11.5. The van der Waals surface area contributed by atoms with Crippen LogP contribution in [0.2, 0.25) is 0 Å². The predicted molar refractivity (Wildman–Crippen MR) is 74.5 cm³/mol. The first kappa shape index (κ1) is 12.1. The molecular formula is C13H11N5O2. The number of aromatic amines is 2. The Labute approximate surface area is 112 Å². The van der Waals surface area contributed by atoms with Gasteiger partial charge in [0.25, 0.3) is 5.56 Å². The number of rotatable bonds is 3. The Morgan fingerprint density at radius 2 is 1.90 bits per heavy atom. The van der Waals surface area contributed by atoms with Crippen LogP contribution in [-0.4, -0.2) is 19.9 Å². The van der Waals surface area contributed by atoms with Crippen molar-refractivity contribution >= 4 is 17.0 Å². The van der Waals surface area contributed by atoms with E-state index >= 15 is 0 Å². The molecule has 0 aliphatic rings. The van der Waals surface area contributed by atoms with E-state index in [4.69, 9.17) is 0 Å². The highest BCUT2D eigenvalue weighted by Gasteiger charge is 2.04. The van der Waals surface area contributed by atoms with E-state index in [0.29, 0.717) is 12.5 Å². The van der Waals surface area contributed by atoms with Gasteiger partial charge >= 0.3 is 5.69 Å². The lowest BCUT2D eigenvalue weighted by Gasteiger charge is -2.05. The van der Waals surface area contributed by atoms with Gasteiger partial charge in [0, 0.05) is 12.7 Å². The van der Waals surface area contributed by atoms with Crippen molar-refractivity contribution in [2.45, 2.75) is 6.54 Å². The number of hydrogen-bond acceptors (Lipinski definition) is 5. The minimum absolute atomic E-state index is 0.212. The summed E-state index contributed by atoms with van der Waals surface area (Å²) in [5.41, 5.74) is 0.202. The average Bonchev–Trinajstić information content (AvgIpc) is 2.45.